The first kappa shape index (κ1) is 20.3. The third-order valence-electron chi connectivity index (χ3n) is 4.90. The van der Waals surface area contributed by atoms with E-state index >= 15 is 0 Å². The van der Waals surface area contributed by atoms with Gasteiger partial charge in [-0.2, -0.15) is 5.26 Å². The van der Waals surface area contributed by atoms with Gasteiger partial charge in [0, 0.05) is 41.8 Å². The van der Waals surface area contributed by atoms with E-state index < -0.39 is 0 Å². The summed E-state index contributed by atoms with van der Waals surface area (Å²) >= 11 is 0. The average Bonchev–Trinajstić information content (AvgIpc) is 2.84. The number of nitrogens with zero attached hydrogens (tertiary/aromatic N) is 4. The molecule has 0 spiro atoms. The Hall–Kier alpha value is -3.96. The zero-order chi connectivity index (χ0) is 21.5. The van der Waals surface area contributed by atoms with Crippen LogP contribution in [0, 0.1) is 11.3 Å². The fourth-order valence-electron chi connectivity index (χ4n) is 3.28. The standard InChI is InChI=1S/C23H22N6O2/c24-10-12-26-23(30)18-3-1-17(2-4-18)22-25-11-9-21(28-22)27-19-5-7-20(8-6-19)29-13-15-31-16-14-29/h1-9,11H,12-16H2,(H,26,30)(H,25,27,28). The van der Waals surface area contributed by atoms with Crippen molar-refractivity contribution >= 4 is 23.1 Å². The van der Waals surface area contributed by atoms with Gasteiger partial charge in [-0.05, 0) is 42.5 Å². The molecule has 3 aromatic rings. The highest BCUT2D eigenvalue weighted by molar-refractivity contribution is 5.94. The third-order valence-corrected chi connectivity index (χ3v) is 4.90. The number of ether oxygens (including phenoxy) is 1. The summed E-state index contributed by atoms with van der Waals surface area (Å²) in [6.45, 7) is 3.30. The van der Waals surface area contributed by atoms with Gasteiger partial charge in [-0.25, -0.2) is 9.97 Å². The molecule has 31 heavy (non-hydrogen) atoms. The minimum absolute atomic E-state index is 0.0230. The van der Waals surface area contributed by atoms with Crippen molar-refractivity contribution in [2.45, 2.75) is 0 Å². The molecular formula is C23H22N6O2. The van der Waals surface area contributed by atoms with Gasteiger partial charge in [-0.1, -0.05) is 12.1 Å². The smallest absolute Gasteiger partial charge is 0.252 e. The van der Waals surface area contributed by atoms with Crippen molar-refractivity contribution in [2.75, 3.05) is 43.1 Å². The highest BCUT2D eigenvalue weighted by atomic mass is 16.5. The third kappa shape index (κ3) is 5.15. The molecule has 0 bridgehead atoms. The molecular weight excluding hydrogens is 392 g/mol. The number of aromatic nitrogens is 2. The summed E-state index contributed by atoms with van der Waals surface area (Å²) in [4.78, 5) is 23.1. The van der Waals surface area contributed by atoms with Gasteiger partial charge in [0.05, 0.1) is 19.3 Å². The average molecular weight is 414 g/mol. The van der Waals surface area contributed by atoms with Crippen LogP contribution in [0.15, 0.2) is 60.8 Å². The highest BCUT2D eigenvalue weighted by Crippen LogP contribution is 2.23. The van der Waals surface area contributed by atoms with Crippen LogP contribution in [-0.2, 0) is 4.74 Å². The molecule has 8 nitrogen and oxygen atoms in total. The van der Waals surface area contributed by atoms with E-state index in [1.807, 2.05) is 24.3 Å². The van der Waals surface area contributed by atoms with E-state index in [1.165, 1.54) is 5.69 Å². The Morgan fingerprint density at radius 1 is 1.06 bits per heavy atom. The van der Waals surface area contributed by atoms with Gasteiger partial charge in [-0.15, -0.1) is 0 Å². The van der Waals surface area contributed by atoms with Crippen molar-refractivity contribution in [1.29, 1.82) is 5.26 Å². The maximum atomic E-state index is 11.9. The molecule has 0 saturated carbocycles. The molecule has 1 saturated heterocycles. The monoisotopic (exact) mass is 414 g/mol. The Bertz CT molecular complexity index is 1070. The van der Waals surface area contributed by atoms with E-state index in [2.05, 4.69) is 37.6 Å². The van der Waals surface area contributed by atoms with E-state index in [4.69, 9.17) is 10.00 Å². The number of rotatable bonds is 6. The molecule has 1 aliphatic heterocycles. The van der Waals surface area contributed by atoms with Crippen molar-refractivity contribution in [2.24, 2.45) is 0 Å². The van der Waals surface area contributed by atoms with Crippen LogP contribution in [0.25, 0.3) is 11.4 Å². The Balaban J connectivity index is 1.43. The molecule has 1 aliphatic rings. The van der Waals surface area contributed by atoms with Gasteiger partial charge in [0.2, 0.25) is 0 Å². The number of hydrogen-bond donors (Lipinski definition) is 2. The maximum Gasteiger partial charge on any atom is 0.252 e. The van der Waals surface area contributed by atoms with Crippen LogP contribution in [-0.4, -0.2) is 48.7 Å². The largest absolute Gasteiger partial charge is 0.378 e. The summed E-state index contributed by atoms with van der Waals surface area (Å²) in [5.41, 5.74) is 3.39. The van der Waals surface area contributed by atoms with Gasteiger partial charge in [0.25, 0.3) is 5.91 Å². The van der Waals surface area contributed by atoms with Crippen LogP contribution in [0.3, 0.4) is 0 Å². The number of amides is 1. The highest BCUT2D eigenvalue weighted by Gasteiger charge is 2.11. The molecule has 0 atom stereocenters. The fourth-order valence-corrected chi connectivity index (χ4v) is 3.28. The summed E-state index contributed by atoms with van der Waals surface area (Å²) in [6, 6.07) is 18.9. The van der Waals surface area contributed by atoms with Crippen molar-refractivity contribution in [3.05, 3.63) is 66.4 Å². The Labute approximate surface area is 180 Å². The second kappa shape index (κ2) is 9.69. The van der Waals surface area contributed by atoms with Crippen molar-refractivity contribution < 1.29 is 9.53 Å². The molecule has 1 fully saturated rings. The van der Waals surface area contributed by atoms with Crippen LogP contribution < -0.4 is 15.5 Å². The number of morpholine rings is 1. The Morgan fingerprint density at radius 2 is 1.81 bits per heavy atom. The van der Waals surface area contributed by atoms with Crippen LogP contribution in [0.2, 0.25) is 0 Å². The van der Waals surface area contributed by atoms with Crippen LogP contribution >= 0.6 is 0 Å². The molecule has 4 rings (SSSR count). The Morgan fingerprint density at radius 3 is 2.52 bits per heavy atom. The summed E-state index contributed by atoms with van der Waals surface area (Å²) < 4.78 is 5.41. The first-order valence-electron chi connectivity index (χ1n) is 10.0. The summed E-state index contributed by atoms with van der Waals surface area (Å²) in [6.07, 6.45) is 1.69. The predicted octanol–water partition coefficient (Wildman–Crippen LogP) is 2.98. The van der Waals surface area contributed by atoms with Gasteiger partial charge in [0.15, 0.2) is 5.82 Å². The molecule has 0 radical (unpaired) electrons. The summed E-state index contributed by atoms with van der Waals surface area (Å²) in [5.74, 6) is 0.948. The summed E-state index contributed by atoms with van der Waals surface area (Å²) in [7, 11) is 0. The molecule has 2 heterocycles. The number of nitrogens with one attached hydrogen (secondary N) is 2. The minimum Gasteiger partial charge on any atom is -0.378 e. The van der Waals surface area contributed by atoms with Gasteiger partial charge in [-0.3, -0.25) is 4.79 Å². The molecule has 1 aromatic heterocycles. The van der Waals surface area contributed by atoms with Gasteiger partial charge < -0.3 is 20.3 Å². The number of anilines is 3. The molecule has 156 valence electrons. The van der Waals surface area contributed by atoms with Crippen LogP contribution in [0.1, 0.15) is 10.4 Å². The number of carbonyl (C=O) groups excluding carboxylic acids is 1. The van der Waals surface area contributed by atoms with E-state index in [9.17, 15) is 4.79 Å². The van der Waals surface area contributed by atoms with E-state index in [0.717, 1.165) is 37.6 Å². The lowest BCUT2D eigenvalue weighted by Crippen LogP contribution is -2.36. The molecule has 2 aromatic carbocycles. The predicted molar refractivity (Wildman–Crippen MR) is 118 cm³/mol. The quantitative estimate of drug-likeness (QED) is 0.598. The van der Waals surface area contributed by atoms with E-state index in [1.54, 1.807) is 30.5 Å². The molecule has 0 aliphatic carbocycles. The number of nitriles is 1. The first-order chi connectivity index (χ1) is 15.2. The summed E-state index contributed by atoms with van der Waals surface area (Å²) in [5, 5.41) is 14.4. The zero-order valence-corrected chi connectivity index (χ0v) is 16.9. The number of hydrogen-bond acceptors (Lipinski definition) is 7. The van der Waals surface area contributed by atoms with Gasteiger partial charge >= 0.3 is 0 Å². The lowest BCUT2D eigenvalue weighted by Gasteiger charge is -2.28. The van der Waals surface area contributed by atoms with E-state index in [0.29, 0.717) is 17.2 Å². The topological polar surface area (TPSA) is 103 Å². The van der Waals surface area contributed by atoms with Gasteiger partial charge in [0.1, 0.15) is 12.4 Å². The molecule has 8 heteroatoms. The fraction of sp³-hybridized carbons (Fsp3) is 0.217. The van der Waals surface area contributed by atoms with Crippen LogP contribution in [0.5, 0.6) is 0 Å². The van der Waals surface area contributed by atoms with Crippen molar-refractivity contribution in [3.63, 3.8) is 0 Å². The second-order valence-electron chi connectivity index (χ2n) is 6.95. The minimum atomic E-state index is -0.287. The first-order valence-corrected chi connectivity index (χ1v) is 10.0. The maximum absolute atomic E-state index is 11.9. The number of carbonyl (C=O) groups is 1. The van der Waals surface area contributed by atoms with Crippen molar-refractivity contribution in [3.8, 4) is 17.5 Å². The molecule has 1 amide bonds. The second-order valence-corrected chi connectivity index (χ2v) is 6.95. The van der Waals surface area contributed by atoms with Crippen LogP contribution in [0.4, 0.5) is 17.2 Å². The lowest BCUT2D eigenvalue weighted by atomic mass is 10.1. The SMILES string of the molecule is N#CCNC(=O)c1ccc(-c2nccc(Nc3ccc(N4CCOCC4)cc3)n2)cc1. The molecule has 0 unspecified atom stereocenters. The van der Waals surface area contributed by atoms with Crippen molar-refractivity contribution in [1.82, 2.24) is 15.3 Å². The normalized spacial score (nSPS) is 13.3. The lowest BCUT2D eigenvalue weighted by molar-refractivity contribution is 0.0958. The number of benzene rings is 2. The Kier molecular flexibility index (Phi) is 6.35. The zero-order valence-electron chi connectivity index (χ0n) is 16.9. The molecule has 2 N–H and O–H groups in total. The van der Waals surface area contributed by atoms with E-state index in [-0.39, 0.29) is 12.5 Å².